The van der Waals surface area contributed by atoms with Crippen LogP contribution in [0.2, 0.25) is 5.02 Å². The minimum atomic E-state index is -4.13. The molecule has 0 saturated heterocycles. The molecule has 0 radical (unpaired) electrons. The van der Waals surface area contributed by atoms with E-state index in [1.165, 1.54) is 29.2 Å². The third-order valence-corrected chi connectivity index (χ3v) is 8.61. The van der Waals surface area contributed by atoms with Crippen molar-refractivity contribution >= 4 is 39.1 Å². The number of hydrogen-bond donors (Lipinski definition) is 1. The summed E-state index contributed by atoms with van der Waals surface area (Å²) in [5.74, 6) is -0.775. The minimum absolute atomic E-state index is 0.0111. The molecule has 0 aliphatic heterocycles. The first kappa shape index (κ1) is 30.2. The predicted molar refractivity (Wildman–Crippen MR) is 156 cm³/mol. The Morgan fingerprint density at radius 2 is 1.67 bits per heavy atom. The van der Waals surface area contributed by atoms with Gasteiger partial charge in [-0.1, -0.05) is 61.3 Å². The average molecular weight is 570 g/mol. The zero-order valence-electron chi connectivity index (χ0n) is 22.9. The van der Waals surface area contributed by atoms with Crippen LogP contribution in [0.1, 0.15) is 43.4 Å². The molecule has 0 aromatic heterocycles. The molecule has 208 valence electrons. The monoisotopic (exact) mass is 569 g/mol. The van der Waals surface area contributed by atoms with Gasteiger partial charge in [0.1, 0.15) is 12.6 Å². The SMILES string of the molecule is CCCCNC(=O)C(C)N(Cc1ccccc1C)C(=O)CN(c1cccc(C)c1)S(=O)(=O)c1ccc(Cl)cc1. The lowest BCUT2D eigenvalue weighted by atomic mass is 10.1. The average Bonchev–Trinajstić information content (AvgIpc) is 2.91. The zero-order chi connectivity index (χ0) is 28.6. The number of rotatable bonds is 12. The molecule has 2 amide bonds. The van der Waals surface area contributed by atoms with Crippen LogP contribution in [-0.4, -0.2) is 44.3 Å². The van der Waals surface area contributed by atoms with Gasteiger partial charge < -0.3 is 10.2 Å². The summed E-state index contributed by atoms with van der Waals surface area (Å²) in [7, 11) is -4.13. The summed E-state index contributed by atoms with van der Waals surface area (Å²) in [5.41, 5.74) is 3.05. The van der Waals surface area contributed by atoms with E-state index in [-0.39, 0.29) is 17.3 Å². The highest BCUT2D eigenvalue weighted by molar-refractivity contribution is 7.92. The quantitative estimate of drug-likeness (QED) is 0.292. The summed E-state index contributed by atoms with van der Waals surface area (Å²) in [6.07, 6.45) is 1.75. The minimum Gasteiger partial charge on any atom is -0.354 e. The highest BCUT2D eigenvalue weighted by Gasteiger charge is 2.32. The van der Waals surface area contributed by atoms with Gasteiger partial charge in [0.15, 0.2) is 0 Å². The molecule has 0 spiro atoms. The highest BCUT2D eigenvalue weighted by atomic mass is 35.5. The number of nitrogens with one attached hydrogen (secondary N) is 1. The molecule has 0 aliphatic carbocycles. The first-order chi connectivity index (χ1) is 18.5. The number of nitrogens with zero attached hydrogens (tertiary/aromatic N) is 2. The topological polar surface area (TPSA) is 86.8 Å². The Balaban J connectivity index is 2.01. The summed E-state index contributed by atoms with van der Waals surface area (Å²) in [5, 5.41) is 3.30. The van der Waals surface area contributed by atoms with Crippen LogP contribution in [0.15, 0.2) is 77.7 Å². The third kappa shape index (κ3) is 7.83. The molecule has 1 atom stereocenters. The molecule has 0 bridgehead atoms. The van der Waals surface area contributed by atoms with Crippen LogP contribution in [0.5, 0.6) is 0 Å². The Labute approximate surface area is 236 Å². The van der Waals surface area contributed by atoms with Gasteiger partial charge in [-0.05, 0) is 80.3 Å². The van der Waals surface area contributed by atoms with Gasteiger partial charge in [-0.2, -0.15) is 0 Å². The molecule has 3 rings (SSSR count). The second-order valence-corrected chi connectivity index (χ2v) is 11.9. The van der Waals surface area contributed by atoms with Crippen molar-refractivity contribution in [1.82, 2.24) is 10.2 Å². The molecule has 39 heavy (non-hydrogen) atoms. The van der Waals surface area contributed by atoms with Crippen molar-refractivity contribution < 1.29 is 18.0 Å². The van der Waals surface area contributed by atoms with Gasteiger partial charge in [0.2, 0.25) is 11.8 Å². The number of hydrogen-bond acceptors (Lipinski definition) is 4. The second-order valence-electron chi connectivity index (χ2n) is 9.57. The number of halogens is 1. The number of amides is 2. The first-order valence-electron chi connectivity index (χ1n) is 13.0. The van der Waals surface area contributed by atoms with E-state index in [0.29, 0.717) is 17.3 Å². The van der Waals surface area contributed by atoms with E-state index < -0.39 is 28.5 Å². The van der Waals surface area contributed by atoms with Crippen molar-refractivity contribution in [3.05, 3.63) is 94.5 Å². The predicted octanol–water partition coefficient (Wildman–Crippen LogP) is 5.49. The van der Waals surface area contributed by atoms with Gasteiger partial charge in [-0.15, -0.1) is 0 Å². The van der Waals surface area contributed by atoms with Crippen LogP contribution in [-0.2, 0) is 26.2 Å². The van der Waals surface area contributed by atoms with Gasteiger partial charge >= 0.3 is 0 Å². The van der Waals surface area contributed by atoms with Crippen LogP contribution in [0.4, 0.5) is 5.69 Å². The number of carbonyl (C=O) groups excluding carboxylic acids is 2. The van der Waals surface area contributed by atoms with Gasteiger partial charge in [-0.3, -0.25) is 13.9 Å². The lowest BCUT2D eigenvalue weighted by Gasteiger charge is -2.32. The first-order valence-corrected chi connectivity index (χ1v) is 14.8. The number of anilines is 1. The fourth-order valence-corrected chi connectivity index (χ4v) is 5.67. The highest BCUT2D eigenvalue weighted by Crippen LogP contribution is 2.26. The van der Waals surface area contributed by atoms with Crippen LogP contribution in [0, 0.1) is 13.8 Å². The molecule has 1 N–H and O–H groups in total. The van der Waals surface area contributed by atoms with Crippen LogP contribution in [0.3, 0.4) is 0 Å². The Bertz CT molecular complexity index is 1390. The van der Waals surface area contributed by atoms with E-state index in [1.54, 1.807) is 25.1 Å². The molecule has 3 aromatic carbocycles. The van der Waals surface area contributed by atoms with Crippen molar-refractivity contribution in [2.45, 2.75) is 58.0 Å². The fourth-order valence-electron chi connectivity index (χ4n) is 4.14. The van der Waals surface area contributed by atoms with Crippen molar-refractivity contribution in [2.75, 3.05) is 17.4 Å². The smallest absolute Gasteiger partial charge is 0.264 e. The summed E-state index contributed by atoms with van der Waals surface area (Å²) in [6, 6.07) is 19.6. The molecular weight excluding hydrogens is 534 g/mol. The molecular formula is C30H36ClN3O4S. The molecule has 0 aliphatic rings. The van der Waals surface area contributed by atoms with E-state index in [0.717, 1.165) is 33.8 Å². The lowest BCUT2D eigenvalue weighted by molar-refractivity contribution is -0.139. The number of sulfonamides is 1. The Morgan fingerprint density at radius 1 is 0.974 bits per heavy atom. The molecule has 3 aromatic rings. The molecule has 9 heteroatoms. The normalized spacial score (nSPS) is 12.0. The summed E-state index contributed by atoms with van der Waals surface area (Å²) < 4.78 is 28.8. The fraction of sp³-hybridized carbons (Fsp3) is 0.333. The van der Waals surface area contributed by atoms with E-state index in [4.69, 9.17) is 11.6 Å². The Kier molecular flexibility index (Phi) is 10.5. The molecule has 0 heterocycles. The summed E-state index contributed by atoms with van der Waals surface area (Å²) in [6.45, 7) is 7.68. The largest absolute Gasteiger partial charge is 0.354 e. The second kappa shape index (κ2) is 13.6. The third-order valence-electron chi connectivity index (χ3n) is 6.57. The van der Waals surface area contributed by atoms with Gasteiger partial charge in [0.25, 0.3) is 10.0 Å². The van der Waals surface area contributed by atoms with E-state index >= 15 is 0 Å². The molecule has 0 fully saturated rings. The molecule has 1 unspecified atom stereocenters. The summed E-state index contributed by atoms with van der Waals surface area (Å²) >= 11 is 6.00. The standard InChI is InChI=1S/C30H36ClN3O4S/c1-5-6-18-32-30(36)24(4)33(20-25-12-8-7-11-23(25)3)29(35)21-34(27-13-9-10-22(2)19-27)39(37,38)28-16-14-26(31)15-17-28/h7-17,19,24H,5-6,18,20-21H2,1-4H3,(H,32,36). The number of unbranched alkanes of at least 4 members (excludes halogenated alkanes) is 1. The van der Waals surface area contributed by atoms with Crippen molar-refractivity contribution in [1.29, 1.82) is 0 Å². The summed E-state index contributed by atoms with van der Waals surface area (Å²) in [4.78, 5) is 28.5. The maximum atomic E-state index is 14.0. The van der Waals surface area contributed by atoms with Crippen molar-refractivity contribution in [3.8, 4) is 0 Å². The lowest BCUT2D eigenvalue weighted by Crippen LogP contribution is -2.51. The Hall–Kier alpha value is -3.36. The number of carbonyl (C=O) groups is 2. The van der Waals surface area contributed by atoms with Gasteiger partial charge in [-0.25, -0.2) is 8.42 Å². The van der Waals surface area contributed by atoms with Crippen LogP contribution >= 0.6 is 11.6 Å². The maximum absolute atomic E-state index is 14.0. The number of aryl methyl sites for hydroxylation is 2. The maximum Gasteiger partial charge on any atom is 0.264 e. The van der Waals surface area contributed by atoms with Crippen LogP contribution in [0.25, 0.3) is 0 Å². The van der Waals surface area contributed by atoms with Gasteiger partial charge in [0, 0.05) is 18.1 Å². The molecule has 7 nitrogen and oxygen atoms in total. The van der Waals surface area contributed by atoms with Crippen molar-refractivity contribution in [3.63, 3.8) is 0 Å². The van der Waals surface area contributed by atoms with Crippen LogP contribution < -0.4 is 9.62 Å². The van der Waals surface area contributed by atoms with E-state index in [2.05, 4.69) is 5.32 Å². The zero-order valence-corrected chi connectivity index (χ0v) is 24.4. The van der Waals surface area contributed by atoms with E-state index in [1.807, 2.05) is 51.1 Å². The number of benzene rings is 3. The Morgan fingerprint density at radius 3 is 2.31 bits per heavy atom. The van der Waals surface area contributed by atoms with Crippen molar-refractivity contribution in [2.24, 2.45) is 0 Å². The van der Waals surface area contributed by atoms with Gasteiger partial charge in [0.05, 0.1) is 10.6 Å². The van der Waals surface area contributed by atoms with E-state index in [9.17, 15) is 18.0 Å². The molecule has 0 saturated carbocycles.